The van der Waals surface area contributed by atoms with Crippen LogP contribution in [-0.2, 0) is 6.18 Å². The molecule has 0 aliphatic heterocycles. The molecule has 1 atom stereocenters. The second-order valence-corrected chi connectivity index (χ2v) is 8.07. The predicted molar refractivity (Wildman–Crippen MR) is 114 cm³/mol. The second kappa shape index (κ2) is 8.46. The predicted octanol–water partition coefficient (Wildman–Crippen LogP) is 5.06. The van der Waals surface area contributed by atoms with Crippen molar-refractivity contribution in [2.24, 2.45) is 0 Å². The summed E-state index contributed by atoms with van der Waals surface area (Å²) in [6.45, 7) is 3.09. The highest BCUT2D eigenvalue weighted by molar-refractivity contribution is 5.93. The van der Waals surface area contributed by atoms with Gasteiger partial charge in [0.1, 0.15) is 5.82 Å². The first kappa shape index (κ1) is 22.7. The average Bonchev–Trinajstić information content (AvgIpc) is 3.58. The van der Waals surface area contributed by atoms with Gasteiger partial charge in [0.2, 0.25) is 5.43 Å². The van der Waals surface area contributed by atoms with Crippen LogP contribution in [0.15, 0.2) is 59.4 Å². The molecule has 0 N–H and O–H groups in total. The lowest BCUT2D eigenvalue weighted by atomic mass is 10.1. The van der Waals surface area contributed by atoms with E-state index in [-0.39, 0.29) is 23.0 Å². The van der Waals surface area contributed by atoms with E-state index < -0.39 is 40.6 Å². The highest BCUT2D eigenvalue weighted by Gasteiger charge is 2.39. The third-order valence-electron chi connectivity index (χ3n) is 5.70. The van der Waals surface area contributed by atoms with Crippen LogP contribution in [0, 0.1) is 12.7 Å². The van der Waals surface area contributed by atoms with E-state index in [1.807, 2.05) is 0 Å². The van der Waals surface area contributed by atoms with E-state index >= 15 is 0 Å². The molecule has 0 unspecified atom stereocenters. The van der Waals surface area contributed by atoms with E-state index in [0.717, 1.165) is 16.8 Å². The van der Waals surface area contributed by atoms with Gasteiger partial charge in [-0.25, -0.2) is 9.07 Å². The maximum atomic E-state index is 14.4. The molecule has 0 saturated heterocycles. The summed E-state index contributed by atoms with van der Waals surface area (Å²) in [7, 11) is 0. The number of carbonyl (C=O) groups is 1. The average molecular weight is 459 g/mol. The van der Waals surface area contributed by atoms with Crippen molar-refractivity contribution in [3.05, 3.63) is 93.2 Å². The summed E-state index contributed by atoms with van der Waals surface area (Å²) in [4.78, 5) is 27.6. The van der Waals surface area contributed by atoms with E-state index in [2.05, 4.69) is 5.10 Å². The monoisotopic (exact) mass is 459 g/mol. The third-order valence-corrected chi connectivity index (χ3v) is 5.70. The van der Waals surface area contributed by atoms with Crippen LogP contribution < -0.4 is 5.43 Å². The first-order valence-electron chi connectivity index (χ1n) is 10.4. The largest absolute Gasteiger partial charge is 0.418 e. The number of hydrogen-bond acceptors (Lipinski definition) is 3. The van der Waals surface area contributed by atoms with Crippen LogP contribution in [0.1, 0.15) is 53.1 Å². The summed E-state index contributed by atoms with van der Waals surface area (Å²) in [5, 5.41) is 4.06. The topological polar surface area (TPSA) is 55.2 Å². The van der Waals surface area contributed by atoms with Gasteiger partial charge in [-0.1, -0.05) is 30.3 Å². The van der Waals surface area contributed by atoms with Crippen molar-refractivity contribution in [2.75, 3.05) is 0 Å². The molecule has 0 radical (unpaired) electrons. The van der Waals surface area contributed by atoms with E-state index in [9.17, 15) is 27.2 Å². The number of amides is 1. The Kier molecular flexibility index (Phi) is 5.82. The van der Waals surface area contributed by atoms with Crippen LogP contribution in [0.4, 0.5) is 17.6 Å². The molecule has 1 aliphatic carbocycles. The van der Waals surface area contributed by atoms with Gasteiger partial charge in [-0.2, -0.15) is 18.3 Å². The number of halogens is 4. The number of carbonyl (C=O) groups excluding carboxylic acids is 1. The second-order valence-electron chi connectivity index (χ2n) is 8.07. The Labute approximate surface area is 187 Å². The maximum absolute atomic E-state index is 14.4. The smallest absolute Gasteiger partial charge is 0.327 e. The zero-order valence-corrected chi connectivity index (χ0v) is 17.9. The summed E-state index contributed by atoms with van der Waals surface area (Å²) in [5.74, 6) is -1.23. The molecule has 5 nitrogen and oxygen atoms in total. The normalized spacial score (nSPS) is 14.7. The van der Waals surface area contributed by atoms with Crippen molar-refractivity contribution >= 4 is 5.91 Å². The number of benzene rings is 2. The molecule has 1 fully saturated rings. The SMILES string of the molecule is Cc1cc(=O)c(C(=O)N(C2CC2)[C@H](C)c2ccccc2F)nn1-c1ccccc1C(F)(F)F. The molecule has 2 aromatic carbocycles. The maximum Gasteiger partial charge on any atom is 0.418 e. The molecule has 9 heteroatoms. The molecule has 3 aromatic rings. The van der Waals surface area contributed by atoms with Crippen molar-refractivity contribution in [3.8, 4) is 5.69 Å². The van der Waals surface area contributed by atoms with Crippen LogP contribution in [0.3, 0.4) is 0 Å². The molecule has 0 bridgehead atoms. The fraction of sp³-hybridized carbons (Fsp3) is 0.292. The van der Waals surface area contributed by atoms with Crippen molar-refractivity contribution < 1.29 is 22.4 Å². The minimum absolute atomic E-state index is 0.147. The number of rotatable bonds is 5. The van der Waals surface area contributed by atoms with E-state index in [0.29, 0.717) is 12.8 Å². The van der Waals surface area contributed by atoms with E-state index in [1.54, 1.807) is 19.1 Å². The first-order valence-corrected chi connectivity index (χ1v) is 10.4. The van der Waals surface area contributed by atoms with Crippen molar-refractivity contribution in [1.82, 2.24) is 14.7 Å². The molecular weight excluding hydrogens is 438 g/mol. The number of nitrogens with zero attached hydrogens (tertiary/aromatic N) is 3. The minimum atomic E-state index is -4.66. The van der Waals surface area contributed by atoms with Crippen molar-refractivity contribution in [3.63, 3.8) is 0 Å². The third kappa shape index (κ3) is 4.40. The summed E-state index contributed by atoms with van der Waals surface area (Å²) in [5.41, 5.74) is -2.02. The van der Waals surface area contributed by atoms with Crippen molar-refractivity contribution in [2.45, 2.75) is 44.9 Å². The number of aryl methyl sites for hydroxylation is 1. The van der Waals surface area contributed by atoms with Crippen LogP contribution in [0.5, 0.6) is 0 Å². The molecule has 4 rings (SSSR count). The van der Waals surface area contributed by atoms with Gasteiger partial charge < -0.3 is 4.90 Å². The molecule has 1 amide bonds. The zero-order valence-electron chi connectivity index (χ0n) is 17.9. The molecule has 0 spiro atoms. The van der Waals surface area contributed by atoms with Crippen LogP contribution >= 0.6 is 0 Å². The summed E-state index contributed by atoms with van der Waals surface area (Å²) >= 11 is 0. The van der Waals surface area contributed by atoms with E-state index in [4.69, 9.17) is 0 Å². The first-order chi connectivity index (χ1) is 15.6. The van der Waals surface area contributed by atoms with Gasteiger partial charge >= 0.3 is 6.18 Å². The van der Waals surface area contributed by atoms with Gasteiger partial charge in [-0.15, -0.1) is 0 Å². The Morgan fingerprint density at radius 2 is 1.76 bits per heavy atom. The van der Waals surface area contributed by atoms with Gasteiger partial charge in [-0.05, 0) is 44.9 Å². The van der Waals surface area contributed by atoms with Gasteiger partial charge in [0.15, 0.2) is 5.69 Å². The highest BCUT2D eigenvalue weighted by atomic mass is 19.4. The van der Waals surface area contributed by atoms with Crippen molar-refractivity contribution in [1.29, 1.82) is 0 Å². The van der Waals surface area contributed by atoms with Crippen LogP contribution in [-0.4, -0.2) is 26.6 Å². The Morgan fingerprint density at radius 1 is 1.12 bits per heavy atom. The molecule has 33 heavy (non-hydrogen) atoms. The Balaban J connectivity index is 1.81. The molecule has 1 aromatic heterocycles. The zero-order chi connectivity index (χ0) is 23.9. The standard InChI is InChI=1S/C24H21F4N3O2/c1-14-13-21(32)22(29-31(14)20-10-6-4-8-18(20)24(26,27)28)23(33)30(16-11-12-16)15(2)17-7-3-5-9-19(17)25/h3-10,13,15-16H,11-12H2,1-2H3/t15-/m1/s1. The summed E-state index contributed by atoms with van der Waals surface area (Å²) in [6.07, 6.45) is -3.29. The number of alkyl halides is 3. The lowest BCUT2D eigenvalue weighted by Crippen LogP contribution is -2.39. The Morgan fingerprint density at radius 3 is 2.39 bits per heavy atom. The number of aromatic nitrogens is 2. The fourth-order valence-corrected chi connectivity index (χ4v) is 3.93. The summed E-state index contributed by atoms with van der Waals surface area (Å²) < 4.78 is 56.0. The fourth-order valence-electron chi connectivity index (χ4n) is 3.93. The Bertz CT molecular complexity index is 1270. The van der Waals surface area contributed by atoms with Gasteiger partial charge in [-0.3, -0.25) is 9.59 Å². The molecule has 1 aliphatic rings. The van der Waals surface area contributed by atoms with Crippen LogP contribution in [0.2, 0.25) is 0 Å². The van der Waals surface area contributed by atoms with Gasteiger partial charge in [0, 0.05) is 23.4 Å². The molecule has 1 heterocycles. The van der Waals surface area contributed by atoms with Gasteiger partial charge in [0.05, 0.1) is 17.3 Å². The Hall–Kier alpha value is -3.49. The number of hydrogen-bond donors (Lipinski definition) is 0. The lowest BCUT2D eigenvalue weighted by Gasteiger charge is -2.29. The summed E-state index contributed by atoms with van der Waals surface area (Å²) in [6, 6.07) is 11.0. The highest BCUT2D eigenvalue weighted by Crippen LogP contribution is 2.36. The molecule has 1 saturated carbocycles. The minimum Gasteiger partial charge on any atom is -0.327 e. The lowest BCUT2D eigenvalue weighted by molar-refractivity contribution is -0.137. The molecule has 172 valence electrons. The molecular formula is C24H21F4N3O2. The van der Waals surface area contributed by atoms with Gasteiger partial charge in [0.25, 0.3) is 5.91 Å². The van der Waals surface area contributed by atoms with Crippen LogP contribution in [0.25, 0.3) is 5.69 Å². The quantitative estimate of drug-likeness (QED) is 0.501. The number of para-hydroxylation sites is 1. The van der Waals surface area contributed by atoms with E-state index in [1.165, 1.54) is 42.2 Å².